The fourth-order valence-electron chi connectivity index (χ4n) is 3.38. The molecule has 1 saturated heterocycles. The number of aryl methyl sites for hydroxylation is 2. The number of aromatic nitrogens is 2. The Morgan fingerprint density at radius 3 is 2.27 bits per heavy atom. The normalized spacial score (nSPS) is 14.0. The maximum absolute atomic E-state index is 12.7. The van der Waals surface area contributed by atoms with Gasteiger partial charge in [0.2, 0.25) is 5.88 Å². The third-order valence-electron chi connectivity index (χ3n) is 5.03. The van der Waals surface area contributed by atoms with E-state index in [1.54, 1.807) is 24.3 Å². The lowest BCUT2D eigenvalue weighted by Crippen LogP contribution is -2.49. The Morgan fingerprint density at radius 1 is 0.933 bits per heavy atom. The van der Waals surface area contributed by atoms with E-state index in [0.29, 0.717) is 48.5 Å². The molecule has 154 valence electrons. The van der Waals surface area contributed by atoms with Gasteiger partial charge in [-0.2, -0.15) is 4.98 Å². The molecule has 0 unspecified atom stereocenters. The molecule has 6 nitrogen and oxygen atoms in total. The highest BCUT2D eigenvalue weighted by molar-refractivity contribution is 6.30. The number of benzene rings is 2. The van der Waals surface area contributed by atoms with E-state index in [-0.39, 0.29) is 5.91 Å². The van der Waals surface area contributed by atoms with Crippen LogP contribution in [0.3, 0.4) is 0 Å². The van der Waals surface area contributed by atoms with Gasteiger partial charge in [-0.1, -0.05) is 29.3 Å². The molecule has 2 heterocycles. The molecular weight excluding hydrogens is 400 g/mol. The summed E-state index contributed by atoms with van der Waals surface area (Å²) in [6.07, 6.45) is 0. The molecule has 1 fully saturated rings. The van der Waals surface area contributed by atoms with Gasteiger partial charge in [-0.3, -0.25) is 4.79 Å². The van der Waals surface area contributed by atoms with E-state index in [0.717, 1.165) is 11.6 Å². The van der Waals surface area contributed by atoms with Crippen LogP contribution in [0.15, 0.2) is 54.6 Å². The van der Waals surface area contributed by atoms with Crippen LogP contribution in [-0.4, -0.2) is 47.0 Å². The first-order valence-electron chi connectivity index (χ1n) is 9.88. The van der Waals surface area contributed by atoms with E-state index < -0.39 is 0 Å². The minimum atomic E-state index is 0.0218. The van der Waals surface area contributed by atoms with Crippen molar-refractivity contribution >= 4 is 23.3 Å². The molecule has 30 heavy (non-hydrogen) atoms. The zero-order chi connectivity index (χ0) is 21.1. The van der Waals surface area contributed by atoms with Crippen LogP contribution < -0.4 is 9.64 Å². The summed E-state index contributed by atoms with van der Waals surface area (Å²) in [5.74, 6) is 2.73. The number of hydrogen-bond acceptors (Lipinski definition) is 5. The number of carbonyl (C=O) groups is 1. The van der Waals surface area contributed by atoms with Crippen LogP contribution in [0.4, 0.5) is 5.82 Å². The summed E-state index contributed by atoms with van der Waals surface area (Å²) >= 11 is 5.92. The van der Waals surface area contributed by atoms with Gasteiger partial charge in [0.1, 0.15) is 17.4 Å². The average Bonchev–Trinajstić information content (AvgIpc) is 2.75. The summed E-state index contributed by atoms with van der Waals surface area (Å²) in [5.41, 5.74) is 1.83. The van der Waals surface area contributed by atoms with Crippen molar-refractivity contribution in [2.75, 3.05) is 31.1 Å². The summed E-state index contributed by atoms with van der Waals surface area (Å²) in [6, 6.07) is 16.7. The molecule has 1 amide bonds. The number of piperazine rings is 1. The maximum atomic E-state index is 12.7. The van der Waals surface area contributed by atoms with Crippen molar-refractivity contribution in [2.45, 2.75) is 13.8 Å². The number of anilines is 1. The van der Waals surface area contributed by atoms with E-state index in [1.807, 2.05) is 49.1 Å². The largest absolute Gasteiger partial charge is 0.439 e. The van der Waals surface area contributed by atoms with Crippen LogP contribution in [0.5, 0.6) is 11.6 Å². The lowest BCUT2D eigenvalue weighted by Gasteiger charge is -2.35. The van der Waals surface area contributed by atoms with Gasteiger partial charge in [-0.25, -0.2) is 4.98 Å². The number of nitrogens with zero attached hydrogens (tertiary/aromatic N) is 4. The van der Waals surface area contributed by atoms with Crippen molar-refractivity contribution in [3.05, 3.63) is 76.6 Å². The molecule has 3 aromatic rings. The molecule has 1 aromatic heterocycles. The summed E-state index contributed by atoms with van der Waals surface area (Å²) in [4.78, 5) is 25.7. The number of hydrogen-bond donors (Lipinski definition) is 0. The third kappa shape index (κ3) is 4.71. The van der Waals surface area contributed by atoms with E-state index in [9.17, 15) is 4.79 Å². The number of amides is 1. The van der Waals surface area contributed by atoms with Gasteiger partial charge in [-0.15, -0.1) is 0 Å². The number of halogens is 1. The molecule has 2 aromatic carbocycles. The predicted molar refractivity (Wildman–Crippen MR) is 118 cm³/mol. The highest BCUT2D eigenvalue weighted by Crippen LogP contribution is 2.24. The van der Waals surface area contributed by atoms with Crippen LogP contribution in [-0.2, 0) is 0 Å². The first kappa shape index (κ1) is 20.2. The van der Waals surface area contributed by atoms with Crippen molar-refractivity contribution in [1.82, 2.24) is 14.9 Å². The van der Waals surface area contributed by atoms with Gasteiger partial charge in [-0.05, 0) is 50.2 Å². The highest BCUT2D eigenvalue weighted by atomic mass is 35.5. The fraction of sp³-hybridized carbons (Fsp3) is 0.261. The van der Waals surface area contributed by atoms with Gasteiger partial charge in [0.15, 0.2) is 0 Å². The Morgan fingerprint density at radius 2 is 1.60 bits per heavy atom. The van der Waals surface area contributed by atoms with Gasteiger partial charge in [0.05, 0.1) is 0 Å². The zero-order valence-electron chi connectivity index (χ0n) is 17.0. The first-order chi connectivity index (χ1) is 14.5. The summed E-state index contributed by atoms with van der Waals surface area (Å²) < 4.78 is 5.92. The molecule has 0 spiro atoms. The molecule has 0 aliphatic carbocycles. The molecule has 0 N–H and O–H groups in total. The van der Waals surface area contributed by atoms with E-state index >= 15 is 0 Å². The van der Waals surface area contributed by atoms with Gasteiger partial charge in [0, 0.05) is 42.8 Å². The molecule has 1 aliphatic rings. The number of carbonyl (C=O) groups excluding carboxylic acids is 1. The van der Waals surface area contributed by atoms with Crippen LogP contribution >= 0.6 is 11.6 Å². The molecule has 7 heteroatoms. The summed E-state index contributed by atoms with van der Waals surface area (Å²) in [5, 5.41) is 0.624. The molecular formula is C23H23ClN4O2. The van der Waals surface area contributed by atoms with Gasteiger partial charge in [0.25, 0.3) is 5.91 Å². The van der Waals surface area contributed by atoms with Crippen molar-refractivity contribution < 1.29 is 9.53 Å². The third-order valence-corrected chi connectivity index (χ3v) is 5.28. The van der Waals surface area contributed by atoms with Crippen LogP contribution in [0.25, 0.3) is 0 Å². The molecule has 0 saturated carbocycles. The first-order valence-corrected chi connectivity index (χ1v) is 10.3. The molecule has 0 atom stereocenters. The second kappa shape index (κ2) is 8.71. The summed E-state index contributed by atoms with van der Waals surface area (Å²) in [6.45, 7) is 6.52. The molecule has 0 bridgehead atoms. The Bertz CT molecular complexity index is 1030. The number of rotatable bonds is 4. The fourth-order valence-corrected chi connectivity index (χ4v) is 3.51. The quantitative estimate of drug-likeness (QED) is 0.619. The smallest absolute Gasteiger partial charge is 0.253 e. The van der Waals surface area contributed by atoms with E-state index in [2.05, 4.69) is 14.9 Å². The van der Waals surface area contributed by atoms with Crippen molar-refractivity contribution in [1.29, 1.82) is 0 Å². The molecule has 4 rings (SSSR count). The molecule has 0 radical (unpaired) electrons. The summed E-state index contributed by atoms with van der Waals surface area (Å²) in [7, 11) is 0. The van der Waals surface area contributed by atoms with Crippen molar-refractivity contribution in [3.8, 4) is 11.6 Å². The Balaban J connectivity index is 1.42. The predicted octanol–water partition coefficient (Wildman–Crippen LogP) is 4.50. The highest BCUT2D eigenvalue weighted by Gasteiger charge is 2.23. The number of ether oxygens (including phenoxy) is 1. The lowest BCUT2D eigenvalue weighted by molar-refractivity contribution is 0.0746. The minimum absolute atomic E-state index is 0.0218. The topological polar surface area (TPSA) is 58.6 Å². The van der Waals surface area contributed by atoms with Crippen molar-refractivity contribution in [3.63, 3.8) is 0 Å². The zero-order valence-corrected chi connectivity index (χ0v) is 17.8. The standard InChI is InChI=1S/C23H23ClN4O2/c1-16-3-9-20(10-4-16)30-22-15-21(25-17(2)26-22)27-11-13-28(14-12-27)23(29)18-5-7-19(24)8-6-18/h3-10,15H,11-14H2,1-2H3. The second-order valence-electron chi connectivity index (χ2n) is 7.31. The SMILES string of the molecule is Cc1ccc(Oc2cc(N3CCN(C(=O)c4ccc(Cl)cc4)CC3)nc(C)n2)cc1. The maximum Gasteiger partial charge on any atom is 0.253 e. The Kier molecular flexibility index (Phi) is 5.86. The average molecular weight is 423 g/mol. The van der Waals surface area contributed by atoms with Crippen molar-refractivity contribution in [2.24, 2.45) is 0 Å². The van der Waals surface area contributed by atoms with E-state index in [1.165, 1.54) is 5.56 Å². The minimum Gasteiger partial charge on any atom is -0.439 e. The van der Waals surface area contributed by atoms with Crippen LogP contribution in [0, 0.1) is 13.8 Å². The Labute approximate surface area is 181 Å². The van der Waals surface area contributed by atoms with Gasteiger partial charge < -0.3 is 14.5 Å². The Hall–Kier alpha value is -3.12. The monoisotopic (exact) mass is 422 g/mol. The van der Waals surface area contributed by atoms with Crippen LogP contribution in [0.2, 0.25) is 5.02 Å². The second-order valence-corrected chi connectivity index (χ2v) is 7.75. The van der Waals surface area contributed by atoms with E-state index in [4.69, 9.17) is 16.3 Å². The lowest BCUT2D eigenvalue weighted by atomic mass is 10.2. The van der Waals surface area contributed by atoms with Crippen LogP contribution in [0.1, 0.15) is 21.7 Å². The molecule has 1 aliphatic heterocycles. The van der Waals surface area contributed by atoms with Gasteiger partial charge >= 0.3 is 0 Å².